The van der Waals surface area contributed by atoms with Gasteiger partial charge in [-0.25, -0.2) is 8.42 Å². The molecule has 1 heterocycles. The average molecular weight is 288 g/mol. The highest BCUT2D eigenvalue weighted by Gasteiger charge is 2.44. The largest absolute Gasteiger partial charge is 0.368 e. The first-order valence-corrected chi connectivity index (χ1v) is 9.04. The van der Waals surface area contributed by atoms with Crippen molar-refractivity contribution in [2.24, 2.45) is 5.73 Å². The molecule has 6 heteroatoms. The second-order valence-electron chi connectivity index (χ2n) is 5.97. The van der Waals surface area contributed by atoms with Crippen LogP contribution in [0.4, 0.5) is 0 Å². The average Bonchev–Trinajstić information content (AvgIpc) is 2.56. The van der Waals surface area contributed by atoms with Gasteiger partial charge in [-0.2, -0.15) is 0 Å². The van der Waals surface area contributed by atoms with Crippen LogP contribution in [0.3, 0.4) is 0 Å². The first-order valence-electron chi connectivity index (χ1n) is 7.22. The standard InChI is InChI=1S/C13H24N2O3S/c14-12(16)13(8-5-9-19(17,18)10-13)15-11-6-3-1-2-4-7-11/h11,15H,1-10H2,(H2,14,16). The summed E-state index contributed by atoms with van der Waals surface area (Å²) in [6.07, 6.45) is 7.80. The van der Waals surface area contributed by atoms with E-state index in [0.717, 1.165) is 25.7 Å². The van der Waals surface area contributed by atoms with Crippen molar-refractivity contribution in [2.75, 3.05) is 11.5 Å². The number of sulfone groups is 1. The molecule has 1 unspecified atom stereocenters. The summed E-state index contributed by atoms with van der Waals surface area (Å²) in [5.74, 6) is -0.472. The monoisotopic (exact) mass is 288 g/mol. The van der Waals surface area contributed by atoms with Crippen LogP contribution in [0.1, 0.15) is 51.4 Å². The lowest BCUT2D eigenvalue weighted by Crippen LogP contribution is -2.64. The molecule has 0 aromatic carbocycles. The SMILES string of the molecule is NC(=O)C1(NC2CCCCCC2)CCCS(=O)(=O)C1. The van der Waals surface area contributed by atoms with Crippen molar-refractivity contribution in [1.29, 1.82) is 0 Å². The van der Waals surface area contributed by atoms with Gasteiger partial charge in [-0.3, -0.25) is 10.1 Å². The minimum Gasteiger partial charge on any atom is -0.368 e. The molecule has 2 aliphatic rings. The second kappa shape index (κ2) is 5.79. The van der Waals surface area contributed by atoms with Gasteiger partial charge in [0.05, 0.1) is 11.5 Å². The molecule has 2 fully saturated rings. The highest BCUT2D eigenvalue weighted by molar-refractivity contribution is 7.91. The maximum absolute atomic E-state index is 11.8. The summed E-state index contributed by atoms with van der Waals surface area (Å²) in [4.78, 5) is 11.8. The number of hydrogen-bond acceptors (Lipinski definition) is 4. The third kappa shape index (κ3) is 3.69. The normalized spacial score (nSPS) is 32.6. The lowest BCUT2D eigenvalue weighted by Gasteiger charge is -2.38. The van der Waals surface area contributed by atoms with Crippen LogP contribution in [0.5, 0.6) is 0 Å². The lowest BCUT2D eigenvalue weighted by atomic mass is 9.92. The van der Waals surface area contributed by atoms with E-state index < -0.39 is 21.3 Å². The van der Waals surface area contributed by atoms with Gasteiger partial charge in [-0.15, -0.1) is 0 Å². The Kier molecular flexibility index (Phi) is 4.50. The van der Waals surface area contributed by atoms with E-state index in [1.165, 1.54) is 12.8 Å². The maximum atomic E-state index is 11.8. The van der Waals surface area contributed by atoms with E-state index in [0.29, 0.717) is 12.8 Å². The zero-order valence-corrected chi connectivity index (χ0v) is 12.2. The molecule has 110 valence electrons. The van der Waals surface area contributed by atoms with E-state index in [9.17, 15) is 13.2 Å². The van der Waals surface area contributed by atoms with Gasteiger partial charge in [0, 0.05) is 6.04 Å². The summed E-state index contributed by atoms with van der Waals surface area (Å²) in [6, 6.07) is 0.225. The van der Waals surface area contributed by atoms with Crippen molar-refractivity contribution in [3.63, 3.8) is 0 Å². The molecule has 1 aliphatic carbocycles. The number of hydrogen-bond donors (Lipinski definition) is 2. The van der Waals surface area contributed by atoms with Crippen molar-refractivity contribution in [3.8, 4) is 0 Å². The van der Waals surface area contributed by atoms with Crippen LogP contribution < -0.4 is 11.1 Å². The molecular formula is C13H24N2O3S. The summed E-state index contributed by atoms with van der Waals surface area (Å²) >= 11 is 0. The second-order valence-corrected chi connectivity index (χ2v) is 8.16. The third-order valence-corrected chi connectivity index (χ3v) is 6.18. The first kappa shape index (κ1) is 14.8. The van der Waals surface area contributed by atoms with Crippen LogP contribution in [-0.2, 0) is 14.6 Å². The van der Waals surface area contributed by atoms with Crippen molar-refractivity contribution in [2.45, 2.75) is 62.9 Å². The molecule has 2 rings (SSSR count). The highest BCUT2D eigenvalue weighted by atomic mass is 32.2. The Morgan fingerprint density at radius 3 is 2.26 bits per heavy atom. The Morgan fingerprint density at radius 2 is 1.74 bits per heavy atom. The molecule has 1 atom stereocenters. The number of nitrogens with one attached hydrogen (secondary N) is 1. The molecule has 3 N–H and O–H groups in total. The predicted molar refractivity (Wildman–Crippen MR) is 74.4 cm³/mol. The molecule has 5 nitrogen and oxygen atoms in total. The summed E-state index contributed by atoms with van der Waals surface area (Å²) < 4.78 is 23.7. The molecule has 0 bridgehead atoms. The molecule has 0 radical (unpaired) electrons. The van der Waals surface area contributed by atoms with Gasteiger partial charge in [0.1, 0.15) is 5.54 Å². The van der Waals surface area contributed by atoms with Gasteiger partial charge < -0.3 is 5.73 Å². The molecule has 1 amide bonds. The Morgan fingerprint density at radius 1 is 1.11 bits per heavy atom. The Hall–Kier alpha value is -0.620. The van der Waals surface area contributed by atoms with Crippen LogP contribution in [0.15, 0.2) is 0 Å². The van der Waals surface area contributed by atoms with Crippen LogP contribution in [0, 0.1) is 0 Å². The number of carbonyl (C=O) groups excluding carboxylic acids is 1. The van der Waals surface area contributed by atoms with E-state index in [4.69, 9.17) is 5.73 Å². The minimum absolute atomic E-state index is 0.133. The quantitative estimate of drug-likeness (QED) is 0.749. The molecule has 0 spiro atoms. The zero-order valence-electron chi connectivity index (χ0n) is 11.4. The summed E-state index contributed by atoms with van der Waals surface area (Å²) in [6.45, 7) is 0. The molecule has 19 heavy (non-hydrogen) atoms. The number of amides is 1. The molecule has 1 saturated carbocycles. The van der Waals surface area contributed by atoms with Gasteiger partial charge in [0.25, 0.3) is 0 Å². The van der Waals surface area contributed by atoms with Gasteiger partial charge in [-0.05, 0) is 25.7 Å². The molecule has 0 aromatic rings. The van der Waals surface area contributed by atoms with Crippen LogP contribution in [0.2, 0.25) is 0 Å². The number of nitrogens with two attached hydrogens (primary N) is 1. The summed E-state index contributed by atoms with van der Waals surface area (Å²) in [7, 11) is -3.16. The first-order chi connectivity index (χ1) is 8.94. The van der Waals surface area contributed by atoms with Crippen LogP contribution >= 0.6 is 0 Å². The van der Waals surface area contributed by atoms with E-state index in [1.807, 2.05) is 0 Å². The fraction of sp³-hybridized carbons (Fsp3) is 0.923. The molecule has 1 saturated heterocycles. The predicted octanol–water partition coefficient (Wildman–Crippen LogP) is 0.731. The number of rotatable bonds is 3. The highest BCUT2D eigenvalue weighted by Crippen LogP contribution is 2.26. The number of carbonyl (C=O) groups is 1. The van der Waals surface area contributed by atoms with E-state index in [1.54, 1.807) is 0 Å². The molecule has 0 aromatic heterocycles. The topological polar surface area (TPSA) is 89.3 Å². The van der Waals surface area contributed by atoms with Crippen molar-refractivity contribution >= 4 is 15.7 Å². The Labute approximate surface area is 115 Å². The zero-order chi connectivity index (χ0) is 13.9. The third-order valence-electron chi connectivity index (χ3n) is 4.33. The van der Waals surface area contributed by atoms with E-state index >= 15 is 0 Å². The van der Waals surface area contributed by atoms with Crippen molar-refractivity contribution in [1.82, 2.24) is 5.32 Å². The Bertz CT molecular complexity index is 427. The van der Waals surface area contributed by atoms with Gasteiger partial charge >= 0.3 is 0 Å². The van der Waals surface area contributed by atoms with E-state index in [-0.39, 0.29) is 17.5 Å². The van der Waals surface area contributed by atoms with Gasteiger partial charge in [0.15, 0.2) is 9.84 Å². The smallest absolute Gasteiger partial charge is 0.238 e. The fourth-order valence-corrected chi connectivity index (χ4v) is 5.16. The van der Waals surface area contributed by atoms with Gasteiger partial charge in [0.2, 0.25) is 5.91 Å². The molecular weight excluding hydrogens is 264 g/mol. The number of primary amides is 1. The van der Waals surface area contributed by atoms with Crippen molar-refractivity contribution < 1.29 is 13.2 Å². The maximum Gasteiger partial charge on any atom is 0.238 e. The summed E-state index contributed by atoms with van der Waals surface area (Å²) in [5, 5.41) is 3.31. The summed E-state index contributed by atoms with van der Waals surface area (Å²) in [5.41, 5.74) is 4.48. The Balaban J connectivity index is 2.12. The van der Waals surface area contributed by atoms with Gasteiger partial charge in [-0.1, -0.05) is 25.7 Å². The lowest BCUT2D eigenvalue weighted by molar-refractivity contribution is -0.124. The van der Waals surface area contributed by atoms with E-state index in [2.05, 4.69) is 5.32 Å². The van der Waals surface area contributed by atoms with Crippen LogP contribution in [0.25, 0.3) is 0 Å². The minimum atomic E-state index is -3.16. The van der Waals surface area contributed by atoms with Crippen molar-refractivity contribution in [3.05, 3.63) is 0 Å². The molecule has 1 aliphatic heterocycles. The fourth-order valence-electron chi connectivity index (χ4n) is 3.31. The van der Waals surface area contributed by atoms with Crippen LogP contribution in [-0.4, -0.2) is 37.4 Å².